The third kappa shape index (κ3) is 5.35. The van der Waals surface area contributed by atoms with Gasteiger partial charge in [-0.15, -0.1) is 0 Å². The summed E-state index contributed by atoms with van der Waals surface area (Å²) in [5.41, 5.74) is 1.12. The summed E-state index contributed by atoms with van der Waals surface area (Å²) < 4.78 is 6.27. The number of carbonyl (C=O) groups excluding carboxylic acids is 1. The third-order valence-corrected chi connectivity index (χ3v) is 6.19. The molecule has 0 atom stereocenters. The quantitative estimate of drug-likeness (QED) is 0.534. The molecule has 0 aliphatic carbocycles. The zero-order valence-electron chi connectivity index (χ0n) is 17.9. The summed E-state index contributed by atoms with van der Waals surface area (Å²) in [4.78, 5) is 23.6. The number of halogens is 1. The van der Waals surface area contributed by atoms with Gasteiger partial charge in [-0.2, -0.15) is 0 Å². The van der Waals surface area contributed by atoms with E-state index in [1.54, 1.807) is 7.11 Å². The Kier molecular flexibility index (Phi) is 6.73. The van der Waals surface area contributed by atoms with Crippen LogP contribution in [0, 0.1) is 0 Å². The van der Waals surface area contributed by atoms with Crippen LogP contribution in [-0.4, -0.2) is 67.6 Å². The predicted octanol–water partition coefficient (Wildman–Crippen LogP) is 3.79. The molecule has 0 saturated carbocycles. The van der Waals surface area contributed by atoms with Gasteiger partial charge in [-0.3, -0.25) is 9.69 Å². The molecular formula is C24H27BrN4O2. The fraction of sp³-hybridized carbons (Fsp3) is 0.333. The van der Waals surface area contributed by atoms with Crippen molar-refractivity contribution in [1.82, 2.24) is 14.8 Å². The summed E-state index contributed by atoms with van der Waals surface area (Å²) >= 11 is 3.42. The number of likely N-dealkylation sites (N-methyl/N-ethyl adjacent to an activating group) is 1. The van der Waals surface area contributed by atoms with Crippen molar-refractivity contribution in [2.75, 3.05) is 51.8 Å². The topological polar surface area (TPSA) is 48.9 Å². The molecule has 4 rings (SSSR count). The molecule has 1 aliphatic rings. The predicted molar refractivity (Wildman–Crippen MR) is 128 cm³/mol. The van der Waals surface area contributed by atoms with Crippen LogP contribution < -0.4 is 9.64 Å². The molecule has 3 aromatic rings. The molecule has 1 amide bonds. The van der Waals surface area contributed by atoms with Crippen molar-refractivity contribution in [2.45, 2.75) is 6.54 Å². The van der Waals surface area contributed by atoms with E-state index in [0.717, 1.165) is 58.6 Å². The van der Waals surface area contributed by atoms with E-state index in [0.29, 0.717) is 13.1 Å². The summed E-state index contributed by atoms with van der Waals surface area (Å²) in [6.07, 6.45) is 1.82. The summed E-state index contributed by atoms with van der Waals surface area (Å²) in [7, 11) is 3.55. The van der Waals surface area contributed by atoms with Gasteiger partial charge in [0, 0.05) is 50.4 Å². The van der Waals surface area contributed by atoms with Gasteiger partial charge in [0.25, 0.3) is 0 Å². The van der Waals surface area contributed by atoms with Gasteiger partial charge >= 0.3 is 0 Å². The van der Waals surface area contributed by atoms with Gasteiger partial charge in [-0.1, -0.05) is 18.2 Å². The number of pyridine rings is 1. The van der Waals surface area contributed by atoms with Crippen molar-refractivity contribution >= 4 is 38.4 Å². The SMILES string of the molecule is COc1ccc2cc(CN(C)C(=O)CN3CCN(c4ccc(Br)cn4)CC3)ccc2c1. The minimum Gasteiger partial charge on any atom is -0.497 e. The van der Waals surface area contributed by atoms with Crippen molar-refractivity contribution in [3.05, 3.63) is 64.8 Å². The molecule has 2 aromatic carbocycles. The van der Waals surface area contributed by atoms with Crippen LogP contribution in [0.3, 0.4) is 0 Å². The number of fused-ring (bicyclic) bond motifs is 1. The monoisotopic (exact) mass is 482 g/mol. The smallest absolute Gasteiger partial charge is 0.236 e. The molecule has 1 fully saturated rings. The molecule has 0 bridgehead atoms. The summed E-state index contributed by atoms with van der Waals surface area (Å²) in [6, 6.07) is 16.4. The Bertz CT molecular complexity index is 1050. The average molecular weight is 483 g/mol. The number of carbonyl (C=O) groups is 1. The van der Waals surface area contributed by atoms with Crippen LogP contribution in [-0.2, 0) is 11.3 Å². The first-order valence-electron chi connectivity index (χ1n) is 10.4. The minimum atomic E-state index is 0.144. The molecule has 1 aliphatic heterocycles. The van der Waals surface area contributed by atoms with Crippen molar-refractivity contribution in [3.8, 4) is 5.75 Å². The molecular weight excluding hydrogens is 456 g/mol. The number of hydrogen-bond donors (Lipinski definition) is 0. The molecule has 1 saturated heterocycles. The Morgan fingerprint density at radius 2 is 1.81 bits per heavy atom. The number of rotatable bonds is 6. The second-order valence-corrected chi connectivity index (χ2v) is 8.81. The van der Waals surface area contributed by atoms with Gasteiger partial charge in [-0.05, 0) is 62.6 Å². The van der Waals surface area contributed by atoms with Crippen LogP contribution in [0.4, 0.5) is 5.82 Å². The Morgan fingerprint density at radius 3 is 2.52 bits per heavy atom. The normalized spacial score (nSPS) is 14.6. The van der Waals surface area contributed by atoms with E-state index in [1.165, 1.54) is 0 Å². The highest BCUT2D eigenvalue weighted by Crippen LogP contribution is 2.22. The largest absolute Gasteiger partial charge is 0.497 e. The maximum Gasteiger partial charge on any atom is 0.236 e. The van der Waals surface area contributed by atoms with Crippen molar-refractivity contribution in [3.63, 3.8) is 0 Å². The van der Waals surface area contributed by atoms with Gasteiger partial charge in [0.2, 0.25) is 5.91 Å². The molecule has 1 aromatic heterocycles. The Balaban J connectivity index is 1.30. The van der Waals surface area contributed by atoms with Gasteiger partial charge in [0.1, 0.15) is 11.6 Å². The van der Waals surface area contributed by atoms with E-state index in [4.69, 9.17) is 4.74 Å². The molecule has 6 nitrogen and oxygen atoms in total. The van der Waals surface area contributed by atoms with Gasteiger partial charge < -0.3 is 14.5 Å². The second-order valence-electron chi connectivity index (χ2n) is 7.90. The number of benzene rings is 2. The lowest BCUT2D eigenvalue weighted by atomic mass is 10.1. The lowest BCUT2D eigenvalue weighted by Crippen LogP contribution is -2.49. The van der Waals surface area contributed by atoms with Gasteiger partial charge in [0.15, 0.2) is 0 Å². The van der Waals surface area contributed by atoms with E-state index in [2.05, 4.69) is 55.0 Å². The highest BCUT2D eigenvalue weighted by molar-refractivity contribution is 9.10. The summed E-state index contributed by atoms with van der Waals surface area (Å²) in [6.45, 7) is 4.51. The number of amides is 1. The van der Waals surface area contributed by atoms with Crippen molar-refractivity contribution < 1.29 is 9.53 Å². The Labute approximate surface area is 191 Å². The van der Waals surface area contributed by atoms with Gasteiger partial charge in [0.05, 0.1) is 13.7 Å². The van der Waals surface area contributed by atoms with Crippen LogP contribution in [0.25, 0.3) is 10.8 Å². The highest BCUT2D eigenvalue weighted by Gasteiger charge is 2.21. The van der Waals surface area contributed by atoms with Crippen LogP contribution >= 0.6 is 15.9 Å². The Morgan fingerprint density at radius 1 is 1.06 bits per heavy atom. The number of anilines is 1. The standard InChI is InChI=1S/C24H27BrN4O2/c1-27(16-18-3-4-20-14-22(31-2)7-5-19(20)13-18)24(30)17-28-9-11-29(12-10-28)23-8-6-21(25)15-26-23/h3-8,13-15H,9-12,16-17H2,1-2H3. The van der Waals surface area contributed by atoms with E-state index >= 15 is 0 Å². The summed E-state index contributed by atoms with van der Waals surface area (Å²) in [5, 5.41) is 2.28. The van der Waals surface area contributed by atoms with Crippen LogP contribution in [0.5, 0.6) is 5.75 Å². The fourth-order valence-corrected chi connectivity index (χ4v) is 4.10. The number of hydrogen-bond acceptors (Lipinski definition) is 5. The van der Waals surface area contributed by atoms with E-state index < -0.39 is 0 Å². The fourth-order valence-electron chi connectivity index (χ4n) is 3.86. The number of piperazine rings is 1. The molecule has 7 heteroatoms. The molecule has 0 spiro atoms. The van der Waals surface area contributed by atoms with E-state index in [1.807, 2.05) is 42.4 Å². The molecule has 0 N–H and O–H groups in total. The number of aromatic nitrogens is 1. The molecule has 162 valence electrons. The Hall–Kier alpha value is -2.64. The third-order valence-electron chi connectivity index (χ3n) is 5.72. The van der Waals surface area contributed by atoms with E-state index in [-0.39, 0.29) is 5.91 Å². The van der Waals surface area contributed by atoms with E-state index in [9.17, 15) is 4.79 Å². The number of ether oxygens (including phenoxy) is 1. The lowest BCUT2D eigenvalue weighted by Gasteiger charge is -2.35. The molecule has 0 unspecified atom stereocenters. The average Bonchev–Trinajstić information content (AvgIpc) is 2.79. The lowest BCUT2D eigenvalue weighted by molar-refractivity contribution is -0.131. The first-order chi connectivity index (χ1) is 15.0. The highest BCUT2D eigenvalue weighted by atomic mass is 79.9. The molecule has 0 radical (unpaired) electrons. The van der Waals surface area contributed by atoms with Crippen molar-refractivity contribution in [1.29, 1.82) is 0 Å². The molecule has 2 heterocycles. The van der Waals surface area contributed by atoms with Crippen LogP contribution in [0.1, 0.15) is 5.56 Å². The number of nitrogens with zero attached hydrogens (tertiary/aromatic N) is 4. The second kappa shape index (κ2) is 9.66. The maximum atomic E-state index is 12.8. The first kappa shape index (κ1) is 21.6. The minimum absolute atomic E-state index is 0.144. The van der Waals surface area contributed by atoms with Crippen LogP contribution in [0.15, 0.2) is 59.2 Å². The van der Waals surface area contributed by atoms with Crippen molar-refractivity contribution in [2.24, 2.45) is 0 Å². The zero-order valence-corrected chi connectivity index (χ0v) is 19.5. The maximum absolute atomic E-state index is 12.8. The van der Waals surface area contributed by atoms with Crippen LogP contribution in [0.2, 0.25) is 0 Å². The first-order valence-corrected chi connectivity index (χ1v) is 11.2. The summed E-state index contributed by atoms with van der Waals surface area (Å²) in [5.74, 6) is 1.98. The zero-order chi connectivity index (χ0) is 21.8. The molecule has 31 heavy (non-hydrogen) atoms. The number of methoxy groups -OCH3 is 1. The van der Waals surface area contributed by atoms with Gasteiger partial charge in [-0.25, -0.2) is 4.98 Å².